The fraction of sp³-hybridized carbons (Fsp3) is 0.800. The Labute approximate surface area is 69.7 Å². The van der Waals surface area contributed by atoms with Crippen molar-refractivity contribution in [2.45, 2.75) is 39.2 Å². The van der Waals surface area contributed by atoms with Gasteiger partial charge in [-0.25, -0.2) is 0 Å². The Morgan fingerprint density at radius 1 is 1.55 bits per heavy atom. The van der Waals surface area contributed by atoms with Crippen molar-refractivity contribution in [1.82, 2.24) is 0 Å². The fourth-order valence-corrected chi connectivity index (χ4v) is 1.94. The standard InChI is InChI=1S/C10H19N/c1-7(2)9-4-5-10(6-9)8(3)11/h8-10H,1,4-6,11H2,2-3H3. The van der Waals surface area contributed by atoms with Crippen LogP contribution in [-0.4, -0.2) is 6.04 Å². The molecule has 1 heteroatoms. The molecule has 1 aliphatic carbocycles. The van der Waals surface area contributed by atoms with Crippen LogP contribution in [-0.2, 0) is 0 Å². The van der Waals surface area contributed by atoms with E-state index in [0.717, 1.165) is 11.8 Å². The summed E-state index contributed by atoms with van der Waals surface area (Å²) in [5.41, 5.74) is 7.17. The van der Waals surface area contributed by atoms with Gasteiger partial charge < -0.3 is 5.73 Å². The highest BCUT2D eigenvalue weighted by molar-refractivity contribution is 5.00. The molecule has 0 spiro atoms. The summed E-state index contributed by atoms with van der Waals surface area (Å²) in [5, 5.41) is 0. The molecule has 2 N–H and O–H groups in total. The van der Waals surface area contributed by atoms with Gasteiger partial charge in [0.2, 0.25) is 0 Å². The maximum absolute atomic E-state index is 5.83. The number of hydrogen-bond donors (Lipinski definition) is 1. The lowest BCUT2D eigenvalue weighted by Crippen LogP contribution is -2.24. The van der Waals surface area contributed by atoms with Gasteiger partial charge >= 0.3 is 0 Å². The first kappa shape index (κ1) is 8.79. The van der Waals surface area contributed by atoms with Crippen LogP contribution >= 0.6 is 0 Å². The predicted molar refractivity (Wildman–Crippen MR) is 49.3 cm³/mol. The Balaban J connectivity index is 2.41. The second-order valence-electron chi connectivity index (χ2n) is 3.98. The molecular weight excluding hydrogens is 134 g/mol. The van der Waals surface area contributed by atoms with Gasteiger partial charge in [0.1, 0.15) is 0 Å². The third-order valence-corrected chi connectivity index (χ3v) is 2.91. The third kappa shape index (κ3) is 2.06. The summed E-state index contributed by atoms with van der Waals surface area (Å²) in [5.74, 6) is 1.50. The average Bonchev–Trinajstić information content (AvgIpc) is 2.33. The molecule has 11 heavy (non-hydrogen) atoms. The minimum atomic E-state index is 0.374. The van der Waals surface area contributed by atoms with Gasteiger partial charge in [0.15, 0.2) is 0 Å². The first-order valence-electron chi connectivity index (χ1n) is 4.52. The van der Waals surface area contributed by atoms with Gasteiger partial charge in [-0.2, -0.15) is 0 Å². The minimum absolute atomic E-state index is 0.374. The molecule has 0 aliphatic heterocycles. The van der Waals surface area contributed by atoms with Gasteiger partial charge in [-0.15, -0.1) is 0 Å². The Bertz CT molecular complexity index is 149. The van der Waals surface area contributed by atoms with E-state index in [9.17, 15) is 0 Å². The molecule has 64 valence electrons. The normalized spacial score (nSPS) is 33.7. The zero-order valence-corrected chi connectivity index (χ0v) is 7.64. The van der Waals surface area contributed by atoms with Crippen LogP contribution in [0.15, 0.2) is 12.2 Å². The van der Waals surface area contributed by atoms with E-state index < -0.39 is 0 Å². The molecule has 0 amide bonds. The average molecular weight is 153 g/mol. The van der Waals surface area contributed by atoms with Gasteiger partial charge in [0.25, 0.3) is 0 Å². The van der Waals surface area contributed by atoms with Crippen molar-refractivity contribution in [2.75, 3.05) is 0 Å². The van der Waals surface area contributed by atoms with E-state index in [-0.39, 0.29) is 0 Å². The minimum Gasteiger partial charge on any atom is -0.328 e. The van der Waals surface area contributed by atoms with Gasteiger partial charge in [-0.3, -0.25) is 0 Å². The summed E-state index contributed by atoms with van der Waals surface area (Å²) < 4.78 is 0. The van der Waals surface area contributed by atoms with Crippen LogP contribution in [0.1, 0.15) is 33.1 Å². The maximum Gasteiger partial charge on any atom is 0.00389 e. The monoisotopic (exact) mass is 153 g/mol. The van der Waals surface area contributed by atoms with Crippen LogP contribution < -0.4 is 5.73 Å². The Morgan fingerprint density at radius 2 is 2.18 bits per heavy atom. The summed E-state index contributed by atoms with van der Waals surface area (Å²) in [6.07, 6.45) is 3.88. The summed E-state index contributed by atoms with van der Waals surface area (Å²) in [7, 11) is 0. The molecule has 1 aliphatic rings. The van der Waals surface area contributed by atoms with Crippen molar-refractivity contribution in [3.63, 3.8) is 0 Å². The maximum atomic E-state index is 5.83. The molecule has 3 unspecified atom stereocenters. The lowest BCUT2D eigenvalue weighted by Gasteiger charge is -2.14. The molecule has 0 aromatic rings. The predicted octanol–water partition coefficient (Wildman–Crippen LogP) is 2.33. The second kappa shape index (κ2) is 3.40. The van der Waals surface area contributed by atoms with Crippen molar-refractivity contribution in [3.8, 4) is 0 Å². The highest BCUT2D eigenvalue weighted by atomic mass is 14.6. The van der Waals surface area contributed by atoms with E-state index in [1.54, 1.807) is 0 Å². The molecule has 1 rings (SSSR count). The van der Waals surface area contributed by atoms with Crippen LogP contribution in [0, 0.1) is 11.8 Å². The van der Waals surface area contributed by atoms with Crippen molar-refractivity contribution in [3.05, 3.63) is 12.2 Å². The Kier molecular flexibility index (Phi) is 2.72. The second-order valence-corrected chi connectivity index (χ2v) is 3.98. The summed E-state index contributed by atoms with van der Waals surface area (Å²) in [6.45, 7) is 8.24. The van der Waals surface area contributed by atoms with Crippen LogP contribution in [0.5, 0.6) is 0 Å². The molecule has 1 fully saturated rings. The van der Waals surface area contributed by atoms with Crippen molar-refractivity contribution >= 4 is 0 Å². The zero-order chi connectivity index (χ0) is 8.43. The third-order valence-electron chi connectivity index (χ3n) is 2.91. The summed E-state index contributed by atoms with van der Waals surface area (Å²) in [4.78, 5) is 0. The SMILES string of the molecule is C=C(C)C1CCC(C(C)N)C1. The lowest BCUT2D eigenvalue weighted by atomic mass is 9.96. The van der Waals surface area contributed by atoms with E-state index in [1.165, 1.54) is 24.8 Å². The van der Waals surface area contributed by atoms with Gasteiger partial charge in [-0.1, -0.05) is 12.2 Å². The molecule has 0 aromatic heterocycles. The van der Waals surface area contributed by atoms with Crippen molar-refractivity contribution in [1.29, 1.82) is 0 Å². The number of nitrogens with two attached hydrogens (primary N) is 1. The molecule has 0 aromatic carbocycles. The van der Waals surface area contributed by atoms with Gasteiger partial charge in [0, 0.05) is 6.04 Å². The highest BCUT2D eigenvalue weighted by Gasteiger charge is 2.26. The van der Waals surface area contributed by atoms with E-state index in [1.807, 2.05) is 0 Å². The van der Waals surface area contributed by atoms with Crippen molar-refractivity contribution in [2.24, 2.45) is 17.6 Å². The zero-order valence-electron chi connectivity index (χ0n) is 7.64. The molecule has 1 saturated carbocycles. The summed E-state index contributed by atoms with van der Waals surface area (Å²) in [6, 6.07) is 0.374. The molecular formula is C10H19N. The Hall–Kier alpha value is -0.300. The number of rotatable bonds is 2. The summed E-state index contributed by atoms with van der Waals surface area (Å²) >= 11 is 0. The molecule has 1 nitrogen and oxygen atoms in total. The smallest absolute Gasteiger partial charge is 0.00389 e. The van der Waals surface area contributed by atoms with Crippen LogP contribution in [0.4, 0.5) is 0 Å². The van der Waals surface area contributed by atoms with E-state index in [4.69, 9.17) is 5.73 Å². The lowest BCUT2D eigenvalue weighted by molar-refractivity contribution is 0.445. The molecule has 0 saturated heterocycles. The van der Waals surface area contributed by atoms with Gasteiger partial charge in [0.05, 0.1) is 0 Å². The largest absolute Gasteiger partial charge is 0.328 e. The number of hydrogen-bond acceptors (Lipinski definition) is 1. The van der Waals surface area contributed by atoms with Crippen molar-refractivity contribution < 1.29 is 0 Å². The van der Waals surface area contributed by atoms with Gasteiger partial charge in [-0.05, 0) is 44.9 Å². The van der Waals surface area contributed by atoms with Crippen LogP contribution in [0.3, 0.4) is 0 Å². The highest BCUT2D eigenvalue weighted by Crippen LogP contribution is 2.35. The quantitative estimate of drug-likeness (QED) is 0.605. The molecule has 0 radical (unpaired) electrons. The topological polar surface area (TPSA) is 26.0 Å². The molecule has 0 bridgehead atoms. The van der Waals surface area contributed by atoms with E-state index in [0.29, 0.717) is 6.04 Å². The first-order valence-corrected chi connectivity index (χ1v) is 4.52. The van der Waals surface area contributed by atoms with Crippen LogP contribution in [0.25, 0.3) is 0 Å². The van der Waals surface area contributed by atoms with E-state index in [2.05, 4.69) is 20.4 Å². The van der Waals surface area contributed by atoms with E-state index >= 15 is 0 Å². The fourth-order valence-electron chi connectivity index (χ4n) is 1.94. The number of allylic oxidation sites excluding steroid dienone is 1. The Morgan fingerprint density at radius 3 is 2.45 bits per heavy atom. The molecule has 0 heterocycles. The van der Waals surface area contributed by atoms with Crippen LogP contribution in [0.2, 0.25) is 0 Å². The first-order chi connectivity index (χ1) is 5.11. The molecule has 3 atom stereocenters.